The van der Waals surface area contributed by atoms with Crippen LogP contribution in [0.25, 0.3) is 0 Å². The van der Waals surface area contributed by atoms with Crippen molar-refractivity contribution >= 4 is 69.5 Å². The zero-order valence-corrected chi connectivity index (χ0v) is 21.7. The third-order valence-electron chi connectivity index (χ3n) is 5.03. The molecule has 9 nitrogen and oxygen atoms in total. The molecule has 4 rings (SSSR count). The lowest BCUT2D eigenvalue weighted by Crippen LogP contribution is -2.19. The zero-order valence-electron chi connectivity index (χ0n) is 18.6. The molecule has 2 amide bonds. The molecule has 0 atom stereocenters. The molecule has 0 unspecified atom stereocenters. The summed E-state index contributed by atoms with van der Waals surface area (Å²) in [5.74, 6) is -0.198. The van der Waals surface area contributed by atoms with Crippen LogP contribution in [0.3, 0.4) is 0 Å². The lowest BCUT2D eigenvalue weighted by molar-refractivity contribution is 0.102. The first-order valence-electron chi connectivity index (χ1n) is 10.3. The SMILES string of the molecule is COc1cc(Cl)cc(C(=O)Nc2ccc(Cl)cn2)c1NC(=O)c1scc(Cn2ccnc2CO)c1Cl. The Morgan fingerprint density at radius 1 is 1.11 bits per heavy atom. The van der Waals surface area contributed by atoms with Gasteiger partial charge in [0, 0.05) is 35.2 Å². The summed E-state index contributed by atoms with van der Waals surface area (Å²) in [5, 5.41) is 17.4. The van der Waals surface area contributed by atoms with Gasteiger partial charge in [0.15, 0.2) is 0 Å². The number of anilines is 2. The van der Waals surface area contributed by atoms with Crippen LogP contribution in [-0.4, -0.2) is 38.6 Å². The Labute approximate surface area is 224 Å². The van der Waals surface area contributed by atoms with Crippen LogP contribution in [-0.2, 0) is 13.2 Å². The first kappa shape index (κ1) is 25.9. The molecule has 0 fully saturated rings. The van der Waals surface area contributed by atoms with E-state index in [1.54, 1.807) is 28.4 Å². The Bertz CT molecular complexity index is 1420. The summed E-state index contributed by atoms with van der Waals surface area (Å²) in [6, 6.07) is 6.00. The molecule has 0 saturated carbocycles. The third-order valence-corrected chi connectivity index (χ3v) is 7.04. The predicted octanol–water partition coefficient (Wildman–Crippen LogP) is 5.35. The number of aromatic nitrogens is 3. The first-order valence-corrected chi connectivity index (χ1v) is 12.3. The average molecular weight is 567 g/mol. The summed E-state index contributed by atoms with van der Waals surface area (Å²) in [7, 11) is 1.39. The van der Waals surface area contributed by atoms with E-state index in [-0.39, 0.29) is 44.3 Å². The van der Waals surface area contributed by atoms with Crippen molar-refractivity contribution < 1.29 is 19.4 Å². The Balaban J connectivity index is 1.61. The van der Waals surface area contributed by atoms with E-state index in [1.807, 2.05) is 0 Å². The number of pyridine rings is 1. The number of imidazole rings is 1. The number of nitrogens with zero attached hydrogens (tertiary/aromatic N) is 3. The number of amides is 2. The molecule has 0 saturated heterocycles. The van der Waals surface area contributed by atoms with Crippen LogP contribution in [0.2, 0.25) is 15.1 Å². The minimum Gasteiger partial charge on any atom is -0.494 e. The molecule has 36 heavy (non-hydrogen) atoms. The van der Waals surface area contributed by atoms with Crippen molar-refractivity contribution in [2.45, 2.75) is 13.2 Å². The van der Waals surface area contributed by atoms with Gasteiger partial charge in [0.05, 0.1) is 35.0 Å². The van der Waals surface area contributed by atoms with Crippen LogP contribution >= 0.6 is 46.1 Å². The van der Waals surface area contributed by atoms with Crippen LogP contribution in [0.5, 0.6) is 5.75 Å². The van der Waals surface area contributed by atoms with Gasteiger partial charge in [-0.3, -0.25) is 9.59 Å². The van der Waals surface area contributed by atoms with Crippen molar-refractivity contribution in [1.29, 1.82) is 0 Å². The highest BCUT2D eigenvalue weighted by molar-refractivity contribution is 7.13. The molecule has 1 aromatic carbocycles. The number of carbonyl (C=O) groups is 2. The quantitative estimate of drug-likeness (QED) is 0.264. The monoisotopic (exact) mass is 565 g/mol. The molecule has 186 valence electrons. The fraction of sp³-hybridized carbons (Fsp3) is 0.130. The lowest BCUT2D eigenvalue weighted by atomic mass is 10.1. The van der Waals surface area contributed by atoms with Gasteiger partial charge < -0.3 is 25.0 Å². The number of ether oxygens (including phenoxy) is 1. The standard InChI is InChI=1S/C23H18Cl3N5O4S/c1-35-16-7-14(25)6-15(22(33)29-17-3-2-13(24)8-28-17)20(16)30-23(34)21-19(26)12(11-36-21)9-31-5-4-27-18(31)10-32/h2-8,11,32H,9-10H2,1H3,(H,30,34)(H,28,29,33). The van der Waals surface area contributed by atoms with E-state index in [4.69, 9.17) is 39.5 Å². The molecule has 3 heterocycles. The van der Waals surface area contributed by atoms with E-state index >= 15 is 0 Å². The maximum atomic E-state index is 13.2. The first-order chi connectivity index (χ1) is 17.3. The van der Waals surface area contributed by atoms with Crippen molar-refractivity contribution in [2.24, 2.45) is 0 Å². The van der Waals surface area contributed by atoms with Crippen LogP contribution < -0.4 is 15.4 Å². The number of nitrogens with one attached hydrogen (secondary N) is 2. The van der Waals surface area contributed by atoms with Gasteiger partial charge in [-0.2, -0.15) is 0 Å². The van der Waals surface area contributed by atoms with E-state index in [9.17, 15) is 14.7 Å². The van der Waals surface area contributed by atoms with E-state index < -0.39 is 11.8 Å². The highest BCUT2D eigenvalue weighted by Crippen LogP contribution is 2.35. The number of thiophene rings is 1. The van der Waals surface area contributed by atoms with E-state index in [1.165, 1.54) is 31.5 Å². The van der Waals surface area contributed by atoms with Crippen molar-refractivity contribution in [3.63, 3.8) is 0 Å². The van der Waals surface area contributed by atoms with Crippen LogP contribution in [0, 0.1) is 0 Å². The number of carbonyl (C=O) groups excluding carboxylic acids is 2. The van der Waals surface area contributed by atoms with Gasteiger partial charge in [-0.25, -0.2) is 9.97 Å². The molecule has 0 aliphatic carbocycles. The minimum absolute atomic E-state index is 0.0587. The number of hydrogen-bond donors (Lipinski definition) is 3. The second-order valence-corrected chi connectivity index (χ2v) is 9.46. The molecule has 0 bridgehead atoms. The molecule has 3 N–H and O–H groups in total. The molecular weight excluding hydrogens is 549 g/mol. The van der Waals surface area contributed by atoms with Gasteiger partial charge in [0.2, 0.25) is 0 Å². The molecular formula is C23H18Cl3N5O4S. The fourth-order valence-corrected chi connectivity index (χ4v) is 4.88. The molecule has 3 aromatic heterocycles. The predicted molar refractivity (Wildman–Crippen MR) is 140 cm³/mol. The minimum atomic E-state index is -0.574. The van der Waals surface area contributed by atoms with Crippen LogP contribution in [0.15, 0.2) is 48.2 Å². The number of benzene rings is 1. The maximum absolute atomic E-state index is 13.2. The summed E-state index contributed by atoms with van der Waals surface area (Å²) in [6.07, 6.45) is 4.67. The second-order valence-electron chi connectivity index (χ2n) is 7.33. The molecule has 4 aromatic rings. The van der Waals surface area contributed by atoms with Crippen molar-refractivity contribution in [3.8, 4) is 5.75 Å². The maximum Gasteiger partial charge on any atom is 0.267 e. The van der Waals surface area contributed by atoms with Gasteiger partial charge in [0.25, 0.3) is 11.8 Å². The molecule has 0 spiro atoms. The number of methoxy groups -OCH3 is 1. The average Bonchev–Trinajstić information content (AvgIpc) is 3.47. The number of rotatable bonds is 8. The van der Waals surface area contributed by atoms with Crippen molar-refractivity contribution in [3.05, 3.63) is 85.1 Å². The smallest absolute Gasteiger partial charge is 0.267 e. The zero-order chi connectivity index (χ0) is 25.8. The van der Waals surface area contributed by atoms with E-state index in [0.29, 0.717) is 23.0 Å². The second kappa shape index (κ2) is 11.3. The molecule has 0 aliphatic rings. The summed E-state index contributed by atoms with van der Waals surface area (Å²) in [4.78, 5) is 34.6. The van der Waals surface area contributed by atoms with Gasteiger partial charge in [-0.1, -0.05) is 34.8 Å². The number of aliphatic hydroxyl groups excluding tert-OH is 1. The van der Waals surface area contributed by atoms with Crippen LogP contribution in [0.1, 0.15) is 31.4 Å². The molecule has 0 radical (unpaired) electrons. The topological polar surface area (TPSA) is 118 Å². The molecule has 0 aliphatic heterocycles. The van der Waals surface area contributed by atoms with Gasteiger partial charge in [-0.05, 0) is 23.6 Å². The Kier molecular flexibility index (Phi) is 8.12. The van der Waals surface area contributed by atoms with E-state index in [2.05, 4.69) is 20.6 Å². The van der Waals surface area contributed by atoms with Gasteiger partial charge in [-0.15, -0.1) is 11.3 Å². The molecule has 13 heteroatoms. The van der Waals surface area contributed by atoms with E-state index in [0.717, 1.165) is 11.3 Å². The highest BCUT2D eigenvalue weighted by Gasteiger charge is 2.23. The van der Waals surface area contributed by atoms with Gasteiger partial charge in [0.1, 0.15) is 28.9 Å². The summed E-state index contributed by atoms with van der Waals surface area (Å²) in [6.45, 7) is 0.0966. The Morgan fingerprint density at radius 3 is 2.61 bits per heavy atom. The number of aliphatic hydroxyl groups is 1. The van der Waals surface area contributed by atoms with Gasteiger partial charge >= 0.3 is 0 Å². The summed E-state index contributed by atoms with van der Waals surface area (Å²) < 4.78 is 7.10. The van der Waals surface area contributed by atoms with Crippen LogP contribution in [0.4, 0.5) is 11.5 Å². The summed E-state index contributed by atoms with van der Waals surface area (Å²) >= 11 is 19.7. The van der Waals surface area contributed by atoms with Crippen molar-refractivity contribution in [2.75, 3.05) is 17.7 Å². The number of halogens is 3. The lowest BCUT2D eigenvalue weighted by Gasteiger charge is -2.15. The van der Waals surface area contributed by atoms with Crippen molar-refractivity contribution in [1.82, 2.24) is 14.5 Å². The Hall–Kier alpha value is -3.15. The third kappa shape index (κ3) is 5.63. The normalized spacial score (nSPS) is 10.8. The number of hydrogen-bond acceptors (Lipinski definition) is 7. The Morgan fingerprint density at radius 2 is 1.92 bits per heavy atom. The summed E-state index contributed by atoms with van der Waals surface area (Å²) in [5.41, 5.74) is 0.847. The fourth-order valence-electron chi connectivity index (χ4n) is 3.31. The largest absolute Gasteiger partial charge is 0.494 e. The highest BCUT2D eigenvalue weighted by atomic mass is 35.5.